The molecule has 0 spiro atoms. The van der Waals surface area contributed by atoms with E-state index in [-0.39, 0.29) is 11.8 Å². The van der Waals surface area contributed by atoms with Crippen molar-refractivity contribution in [2.24, 2.45) is 5.92 Å². The number of carbonyl (C=O) groups excluding carboxylic acids is 1. The minimum absolute atomic E-state index is 0.205. The fraction of sp³-hybridized carbons (Fsp3) is 0.714. The molecule has 1 aromatic heterocycles. The van der Waals surface area contributed by atoms with Crippen molar-refractivity contribution < 1.29 is 4.79 Å². The van der Waals surface area contributed by atoms with E-state index in [4.69, 9.17) is 0 Å². The summed E-state index contributed by atoms with van der Waals surface area (Å²) in [5.74, 6) is 0.899. The summed E-state index contributed by atoms with van der Waals surface area (Å²) in [6.45, 7) is 6.27. The number of aromatic nitrogens is 2. The van der Waals surface area contributed by atoms with Gasteiger partial charge in [0.15, 0.2) is 5.78 Å². The second kappa shape index (κ2) is 6.66. The molecule has 1 aliphatic heterocycles. The van der Waals surface area contributed by atoms with Gasteiger partial charge in [0, 0.05) is 12.5 Å². The highest BCUT2D eigenvalue weighted by atomic mass is 79.9. The van der Waals surface area contributed by atoms with Crippen molar-refractivity contribution in [2.45, 2.75) is 45.6 Å². The summed E-state index contributed by atoms with van der Waals surface area (Å²) in [5.41, 5.74) is 0.726. The van der Waals surface area contributed by atoms with Crippen LogP contribution in [0.5, 0.6) is 0 Å². The number of Topliss-reactive ketones (excluding diaryl/α,β-unsaturated/α-hetero) is 1. The van der Waals surface area contributed by atoms with Crippen molar-refractivity contribution in [1.29, 1.82) is 0 Å². The van der Waals surface area contributed by atoms with E-state index in [0.717, 1.165) is 29.7 Å². The van der Waals surface area contributed by atoms with Gasteiger partial charge in [0.05, 0.1) is 10.7 Å². The van der Waals surface area contributed by atoms with Gasteiger partial charge in [-0.15, -0.1) is 0 Å². The molecular weight excluding hydrogens is 306 g/mol. The van der Waals surface area contributed by atoms with Crippen LogP contribution in [0.25, 0.3) is 0 Å². The van der Waals surface area contributed by atoms with Crippen LogP contribution in [0, 0.1) is 5.92 Å². The Balaban J connectivity index is 1.97. The Bertz CT molecular complexity index is 436. The number of nitrogens with one attached hydrogen (secondary N) is 1. The van der Waals surface area contributed by atoms with Crippen molar-refractivity contribution in [1.82, 2.24) is 15.1 Å². The Morgan fingerprint density at radius 2 is 2.21 bits per heavy atom. The third-order valence-electron chi connectivity index (χ3n) is 3.74. The summed E-state index contributed by atoms with van der Waals surface area (Å²) in [6.07, 6.45) is 5.73. The molecule has 0 atom stereocenters. The van der Waals surface area contributed by atoms with Crippen LogP contribution < -0.4 is 5.32 Å². The number of halogens is 1. The zero-order valence-corrected chi connectivity index (χ0v) is 13.2. The molecule has 5 heteroatoms. The average molecular weight is 328 g/mol. The highest BCUT2D eigenvalue weighted by Crippen LogP contribution is 2.24. The standard InChI is InChI=1S/C14H22BrN3O/c1-10(2)18-14(12(15)9-17-18)13(19)4-3-11-5-7-16-8-6-11/h9-11,16H,3-8H2,1-2H3. The normalized spacial score (nSPS) is 17.1. The number of piperidine rings is 1. The van der Waals surface area contributed by atoms with Crippen molar-refractivity contribution in [3.63, 3.8) is 0 Å². The van der Waals surface area contributed by atoms with Crippen LogP contribution >= 0.6 is 15.9 Å². The first-order valence-corrected chi connectivity index (χ1v) is 7.85. The third-order valence-corrected chi connectivity index (χ3v) is 4.32. The second-order valence-electron chi connectivity index (χ2n) is 5.53. The van der Waals surface area contributed by atoms with Gasteiger partial charge in [-0.1, -0.05) is 0 Å². The maximum Gasteiger partial charge on any atom is 0.182 e. The Morgan fingerprint density at radius 3 is 2.84 bits per heavy atom. The van der Waals surface area contributed by atoms with Crippen molar-refractivity contribution in [3.05, 3.63) is 16.4 Å². The van der Waals surface area contributed by atoms with Crippen molar-refractivity contribution in [3.8, 4) is 0 Å². The molecule has 1 aromatic rings. The van der Waals surface area contributed by atoms with Gasteiger partial charge in [-0.2, -0.15) is 5.10 Å². The van der Waals surface area contributed by atoms with E-state index in [1.807, 2.05) is 18.5 Å². The zero-order valence-electron chi connectivity index (χ0n) is 11.7. The lowest BCUT2D eigenvalue weighted by Gasteiger charge is -2.22. The molecule has 2 heterocycles. The van der Waals surface area contributed by atoms with E-state index in [2.05, 4.69) is 26.3 Å². The molecule has 1 saturated heterocycles. The van der Waals surface area contributed by atoms with Crippen LogP contribution in [0.2, 0.25) is 0 Å². The predicted molar refractivity (Wildman–Crippen MR) is 79.5 cm³/mol. The summed E-state index contributed by atoms with van der Waals surface area (Å²) in [4.78, 5) is 12.4. The monoisotopic (exact) mass is 327 g/mol. The van der Waals surface area contributed by atoms with E-state index in [0.29, 0.717) is 12.3 Å². The highest BCUT2D eigenvalue weighted by molar-refractivity contribution is 9.10. The molecule has 0 bridgehead atoms. The lowest BCUT2D eigenvalue weighted by Crippen LogP contribution is -2.28. The second-order valence-corrected chi connectivity index (χ2v) is 6.39. The minimum Gasteiger partial charge on any atom is -0.317 e. The van der Waals surface area contributed by atoms with Gasteiger partial charge >= 0.3 is 0 Å². The van der Waals surface area contributed by atoms with Crippen LogP contribution in [0.4, 0.5) is 0 Å². The molecule has 1 fully saturated rings. The van der Waals surface area contributed by atoms with Crippen molar-refractivity contribution in [2.75, 3.05) is 13.1 Å². The molecule has 0 unspecified atom stereocenters. The number of ketones is 1. The number of hydrogen-bond donors (Lipinski definition) is 1. The minimum atomic E-state index is 0.205. The highest BCUT2D eigenvalue weighted by Gasteiger charge is 2.20. The number of nitrogens with zero attached hydrogens (tertiary/aromatic N) is 2. The van der Waals surface area contributed by atoms with Gasteiger partial charge in [-0.05, 0) is 68.0 Å². The van der Waals surface area contributed by atoms with E-state index in [1.54, 1.807) is 6.20 Å². The van der Waals surface area contributed by atoms with E-state index < -0.39 is 0 Å². The molecule has 0 radical (unpaired) electrons. The van der Waals surface area contributed by atoms with E-state index >= 15 is 0 Å². The summed E-state index contributed by atoms with van der Waals surface area (Å²) in [7, 11) is 0. The Morgan fingerprint density at radius 1 is 1.53 bits per heavy atom. The maximum atomic E-state index is 12.4. The largest absolute Gasteiger partial charge is 0.317 e. The first-order chi connectivity index (χ1) is 9.09. The molecule has 0 aromatic carbocycles. The molecule has 1 N–H and O–H groups in total. The SMILES string of the molecule is CC(C)n1ncc(Br)c1C(=O)CCC1CCNCC1. The van der Waals surface area contributed by atoms with Crippen LogP contribution in [0.1, 0.15) is 56.1 Å². The van der Waals surface area contributed by atoms with Gasteiger partial charge in [0.25, 0.3) is 0 Å². The molecule has 0 aliphatic carbocycles. The van der Waals surface area contributed by atoms with Crippen molar-refractivity contribution >= 4 is 21.7 Å². The summed E-state index contributed by atoms with van der Waals surface area (Å²) in [6, 6.07) is 0.212. The Kier molecular flexibility index (Phi) is 5.16. The topological polar surface area (TPSA) is 46.9 Å². The van der Waals surface area contributed by atoms with Crippen LogP contribution in [-0.4, -0.2) is 28.7 Å². The van der Waals surface area contributed by atoms with Crippen LogP contribution in [-0.2, 0) is 0 Å². The molecule has 1 aliphatic rings. The zero-order chi connectivity index (χ0) is 13.8. The summed E-state index contributed by atoms with van der Waals surface area (Å²) < 4.78 is 2.63. The fourth-order valence-electron chi connectivity index (χ4n) is 2.62. The molecule has 2 rings (SSSR count). The van der Waals surface area contributed by atoms with Crippen LogP contribution in [0.15, 0.2) is 10.7 Å². The summed E-state index contributed by atoms with van der Waals surface area (Å²) >= 11 is 3.44. The van der Waals surface area contributed by atoms with E-state index in [9.17, 15) is 4.79 Å². The smallest absolute Gasteiger partial charge is 0.182 e. The van der Waals surface area contributed by atoms with Gasteiger partial charge in [-0.25, -0.2) is 0 Å². The summed E-state index contributed by atoms with van der Waals surface area (Å²) in [5, 5.41) is 7.63. The van der Waals surface area contributed by atoms with Gasteiger partial charge in [-0.3, -0.25) is 9.48 Å². The molecule has 4 nitrogen and oxygen atoms in total. The van der Waals surface area contributed by atoms with Gasteiger partial charge < -0.3 is 5.32 Å². The fourth-order valence-corrected chi connectivity index (χ4v) is 3.11. The number of rotatable bonds is 5. The lowest BCUT2D eigenvalue weighted by atomic mass is 9.92. The number of carbonyl (C=O) groups is 1. The molecule has 19 heavy (non-hydrogen) atoms. The predicted octanol–water partition coefficient (Wildman–Crippen LogP) is 3.19. The number of hydrogen-bond acceptors (Lipinski definition) is 3. The quantitative estimate of drug-likeness (QED) is 0.845. The van der Waals surface area contributed by atoms with Crippen LogP contribution in [0.3, 0.4) is 0 Å². The first kappa shape index (κ1) is 14.7. The maximum absolute atomic E-state index is 12.4. The molecule has 0 amide bonds. The lowest BCUT2D eigenvalue weighted by molar-refractivity contribution is 0.0957. The average Bonchev–Trinajstić information content (AvgIpc) is 2.79. The first-order valence-electron chi connectivity index (χ1n) is 7.06. The Labute approximate surface area is 123 Å². The molecular formula is C14H22BrN3O. The molecule has 0 saturated carbocycles. The third kappa shape index (κ3) is 3.66. The van der Waals surface area contributed by atoms with Gasteiger partial charge in [0.1, 0.15) is 5.69 Å². The Hall–Kier alpha value is -0.680. The van der Waals surface area contributed by atoms with Gasteiger partial charge in [0.2, 0.25) is 0 Å². The molecule has 106 valence electrons. The van der Waals surface area contributed by atoms with E-state index in [1.165, 1.54) is 12.8 Å².